The number of amides is 1. The van der Waals surface area contributed by atoms with Crippen LogP contribution in [0.15, 0.2) is 36.0 Å². The average molecular weight is 492 g/mol. The Morgan fingerprint density at radius 2 is 1.97 bits per heavy atom. The molecule has 0 aromatic rings. The normalized spacial score (nSPS) is 36.5. The maximum Gasteiger partial charge on any atom is 0.308 e. The maximum atomic E-state index is 12.1. The quantitative estimate of drug-likeness (QED) is 0.221. The molecule has 196 valence electrons. The Kier molecular flexibility index (Phi) is 9.69. The molecule has 0 saturated carbocycles. The fourth-order valence-corrected chi connectivity index (χ4v) is 4.85. The second-order valence-electron chi connectivity index (χ2n) is 10.3. The molecule has 35 heavy (non-hydrogen) atoms. The van der Waals surface area contributed by atoms with E-state index in [1.54, 1.807) is 6.92 Å². The van der Waals surface area contributed by atoms with Gasteiger partial charge in [-0.1, -0.05) is 36.8 Å². The summed E-state index contributed by atoms with van der Waals surface area (Å²) in [5.41, 5.74) is 0.972. The van der Waals surface area contributed by atoms with Crippen LogP contribution >= 0.6 is 0 Å². The summed E-state index contributed by atoms with van der Waals surface area (Å²) in [6.45, 7) is 8.52. The van der Waals surface area contributed by atoms with E-state index in [1.807, 2.05) is 6.92 Å². The zero-order chi connectivity index (χ0) is 25.6. The number of carbonyl (C=O) groups excluding carboxylic acids is 2. The predicted octanol–water partition coefficient (Wildman–Crippen LogP) is 2.99. The minimum Gasteiger partial charge on any atom is -0.469 e. The van der Waals surface area contributed by atoms with Gasteiger partial charge < -0.3 is 29.4 Å². The average Bonchev–Trinajstić information content (AvgIpc) is 3.54. The van der Waals surface area contributed by atoms with E-state index in [4.69, 9.17) is 18.9 Å². The second kappa shape index (κ2) is 12.3. The molecule has 0 bridgehead atoms. The van der Waals surface area contributed by atoms with Gasteiger partial charge >= 0.3 is 5.97 Å². The van der Waals surface area contributed by atoms with Crippen LogP contribution in [0.2, 0.25) is 0 Å². The minimum atomic E-state index is -0.651. The van der Waals surface area contributed by atoms with Gasteiger partial charge in [-0.3, -0.25) is 9.59 Å². The molecule has 8 nitrogen and oxygen atoms in total. The molecule has 8 unspecified atom stereocenters. The van der Waals surface area contributed by atoms with Crippen molar-refractivity contribution in [2.75, 3.05) is 13.7 Å². The third kappa shape index (κ3) is 8.56. The highest BCUT2D eigenvalue weighted by molar-refractivity contribution is 5.87. The Bertz CT molecular complexity index is 829. The van der Waals surface area contributed by atoms with E-state index in [0.29, 0.717) is 0 Å². The summed E-state index contributed by atoms with van der Waals surface area (Å²) in [6.07, 6.45) is 11.6. The first-order chi connectivity index (χ1) is 16.6. The molecule has 0 radical (unpaired) electrons. The molecular weight excluding hydrogens is 450 g/mol. The van der Waals surface area contributed by atoms with Crippen LogP contribution < -0.4 is 5.32 Å². The number of carbonyl (C=O) groups is 2. The maximum absolute atomic E-state index is 12.1. The van der Waals surface area contributed by atoms with Crippen molar-refractivity contribution in [1.82, 2.24) is 5.32 Å². The summed E-state index contributed by atoms with van der Waals surface area (Å²) in [5.74, 6) is -0.187. The molecule has 2 N–H and O–H groups in total. The SMILES string of the molecule is COC(=O)CC1CC2(CO2)CC(C=CC(C)=CCC2OC(C)C(NC(=O)C=CC(C)O)CC2C)O1. The van der Waals surface area contributed by atoms with Crippen LogP contribution in [0.4, 0.5) is 0 Å². The van der Waals surface area contributed by atoms with Gasteiger partial charge in [0.05, 0.1) is 62.3 Å². The summed E-state index contributed by atoms with van der Waals surface area (Å²) >= 11 is 0. The lowest BCUT2D eigenvalue weighted by atomic mass is 9.88. The number of hydrogen-bond acceptors (Lipinski definition) is 7. The van der Waals surface area contributed by atoms with Crippen molar-refractivity contribution >= 4 is 11.9 Å². The van der Waals surface area contributed by atoms with Crippen molar-refractivity contribution in [3.05, 3.63) is 36.0 Å². The van der Waals surface area contributed by atoms with Crippen molar-refractivity contribution in [3.63, 3.8) is 0 Å². The van der Waals surface area contributed by atoms with Crippen molar-refractivity contribution in [1.29, 1.82) is 0 Å². The van der Waals surface area contributed by atoms with Gasteiger partial charge in [-0.25, -0.2) is 0 Å². The van der Waals surface area contributed by atoms with Crippen LogP contribution in [0.1, 0.15) is 59.8 Å². The number of ether oxygens (including phenoxy) is 4. The van der Waals surface area contributed by atoms with E-state index in [2.05, 4.69) is 37.4 Å². The van der Waals surface area contributed by atoms with Gasteiger partial charge in [-0.2, -0.15) is 0 Å². The van der Waals surface area contributed by atoms with Gasteiger partial charge in [0.2, 0.25) is 5.91 Å². The van der Waals surface area contributed by atoms with Crippen molar-refractivity contribution in [2.24, 2.45) is 5.92 Å². The number of methoxy groups -OCH3 is 1. The van der Waals surface area contributed by atoms with Gasteiger partial charge in [-0.15, -0.1) is 0 Å². The van der Waals surface area contributed by atoms with Gasteiger partial charge in [0.25, 0.3) is 0 Å². The number of aliphatic hydroxyl groups is 1. The summed E-state index contributed by atoms with van der Waals surface area (Å²) in [6, 6.07) is -0.0595. The van der Waals surface area contributed by atoms with E-state index in [0.717, 1.165) is 37.9 Å². The van der Waals surface area contributed by atoms with Crippen LogP contribution in [0.25, 0.3) is 0 Å². The number of aliphatic hydroxyl groups excluding tert-OH is 1. The standard InChI is InChI=1S/C27H41NO7/c1-17(6-9-21-14-27(16-33-27)15-22(35-21)13-26(31)32-5)7-10-24-18(2)12-23(20(4)34-24)28-25(30)11-8-19(3)29/h6-9,11,18-24,29H,10,12-16H2,1-5H3,(H,28,30). The molecule has 3 saturated heterocycles. The predicted molar refractivity (Wildman–Crippen MR) is 132 cm³/mol. The van der Waals surface area contributed by atoms with Crippen LogP contribution in [0.3, 0.4) is 0 Å². The third-order valence-corrected chi connectivity index (χ3v) is 7.03. The molecule has 0 aromatic carbocycles. The molecule has 0 aromatic heterocycles. The highest BCUT2D eigenvalue weighted by Gasteiger charge is 2.51. The molecule has 8 atom stereocenters. The van der Waals surface area contributed by atoms with E-state index in [9.17, 15) is 14.7 Å². The lowest BCUT2D eigenvalue weighted by Gasteiger charge is -2.39. The first-order valence-corrected chi connectivity index (χ1v) is 12.6. The molecule has 1 spiro atoms. The van der Waals surface area contributed by atoms with Gasteiger partial charge in [-0.05, 0) is 39.5 Å². The summed E-state index contributed by atoms with van der Waals surface area (Å²) in [7, 11) is 1.39. The van der Waals surface area contributed by atoms with Crippen LogP contribution in [-0.4, -0.2) is 72.9 Å². The Balaban J connectivity index is 1.49. The van der Waals surface area contributed by atoms with Crippen LogP contribution in [0.5, 0.6) is 0 Å². The van der Waals surface area contributed by atoms with Gasteiger partial charge in [0.15, 0.2) is 0 Å². The lowest BCUT2D eigenvalue weighted by Crippen LogP contribution is -2.50. The molecule has 8 heteroatoms. The largest absolute Gasteiger partial charge is 0.469 e. The summed E-state index contributed by atoms with van der Waals surface area (Å²) in [5, 5.41) is 12.3. The molecule has 3 heterocycles. The summed E-state index contributed by atoms with van der Waals surface area (Å²) in [4.78, 5) is 23.8. The van der Waals surface area contributed by atoms with Crippen LogP contribution in [0, 0.1) is 5.92 Å². The molecule has 3 aliphatic heterocycles. The minimum absolute atomic E-state index is 0.0595. The first kappa shape index (κ1) is 27.6. The number of allylic oxidation sites excluding steroid dienone is 2. The highest BCUT2D eigenvalue weighted by atomic mass is 16.6. The number of rotatable bonds is 9. The van der Waals surface area contributed by atoms with Crippen molar-refractivity contribution in [2.45, 2.75) is 102 Å². The molecule has 1 amide bonds. The molecular formula is C27H41NO7. The monoisotopic (exact) mass is 491 g/mol. The summed E-state index contributed by atoms with van der Waals surface area (Å²) < 4.78 is 22.8. The zero-order valence-corrected chi connectivity index (χ0v) is 21.6. The Morgan fingerprint density at radius 3 is 2.63 bits per heavy atom. The smallest absolute Gasteiger partial charge is 0.308 e. The highest BCUT2D eigenvalue weighted by Crippen LogP contribution is 2.43. The Morgan fingerprint density at radius 1 is 1.23 bits per heavy atom. The number of nitrogens with one attached hydrogen (secondary N) is 1. The topological polar surface area (TPSA) is 107 Å². The third-order valence-electron chi connectivity index (χ3n) is 7.03. The second-order valence-corrected chi connectivity index (χ2v) is 10.3. The zero-order valence-electron chi connectivity index (χ0n) is 21.6. The Hall–Kier alpha value is -2.00. The first-order valence-electron chi connectivity index (χ1n) is 12.6. The van der Waals surface area contributed by atoms with E-state index < -0.39 is 6.10 Å². The van der Waals surface area contributed by atoms with Crippen molar-refractivity contribution < 1.29 is 33.6 Å². The number of hydrogen-bond donors (Lipinski definition) is 2. The molecule has 3 aliphatic rings. The van der Waals surface area contributed by atoms with E-state index >= 15 is 0 Å². The van der Waals surface area contributed by atoms with Gasteiger partial charge in [0.1, 0.15) is 0 Å². The van der Waals surface area contributed by atoms with Crippen LogP contribution in [-0.2, 0) is 28.5 Å². The van der Waals surface area contributed by atoms with E-state index in [1.165, 1.54) is 19.3 Å². The van der Waals surface area contributed by atoms with Gasteiger partial charge in [0, 0.05) is 18.9 Å². The lowest BCUT2D eigenvalue weighted by molar-refractivity contribution is -0.147. The number of epoxide rings is 1. The van der Waals surface area contributed by atoms with Crippen molar-refractivity contribution in [3.8, 4) is 0 Å². The fourth-order valence-electron chi connectivity index (χ4n) is 4.85. The molecule has 0 aliphatic carbocycles. The number of esters is 1. The Labute approximate surface area is 208 Å². The fraction of sp³-hybridized carbons (Fsp3) is 0.704. The molecule has 3 fully saturated rings. The molecule has 3 rings (SSSR count). The van der Waals surface area contributed by atoms with E-state index in [-0.39, 0.29) is 60.3 Å².